The summed E-state index contributed by atoms with van der Waals surface area (Å²) in [4.78, 5) is 2.62. The number of aromatic nitrogens is 1. The molecule has 0 unspecified atom stereocenters. The first-order valence-electron chi connectivity index (χ1n) is 22.2. The summed E-state index contributed by atoms with van der Waals surface area (Å²) in [6.07, 6.45) is 0. The molecule has 0 N–H and O–H groups in total. The van der Waals surface area contributed by atoms with Gasteiger partial charge in [0, 0.05) is 80.7 Å². The van der Waals surface area contributed by atoms with Gasteiger partial charge >= 0.3 is 6.85 Å². The van der Waals surface area contributed by atoms with Crippen molar-refractivity contribution in [2.75, 3.05) is 4.81 Å². The standard InChI is InChI=1S/C58H37BN2O2S/c1-58(2,3)34-23-26-44-41(27-34)52-53-38-17-8-11-19-48(38)63-57(53)54-42-28-40-37-16-9-12-20-50(37)64-51(40)31-45(42)61(35-24-21-33(22-25-35)32-13-5-4-6-14-32)59-43-30-49-39(36-15-7-10-18-47(36)62-49)29-46(43)60(44)56(52)55(54)59/h4-31H,1-3H3. The van der Waals surface area contributed by atoms with Gasteiger partial charge in [0.05, 0.1) is 11.0 Å². The van der Waals surface area contributed by atoms with Crippen LogP contribution >= 0.6 is 11.3 Å². The fraction of sp³-hybridized carbons (Fsp3) is 0.0690. The number of rotatable bonds is 2. The third kappa shape index (κ3) is 4.48. The lowest BCUT2D eigenvalue weighted by atomic mass is 9.43. The number of anilines is 2. The molecule has 9 aromatic carbocycles. The molecule has 6 heteroatoms. The molecular formula is C58H37BN2O2S. The predicted octanol–water partition coefficient (Wildman–Crippen LogP) is 15.2. The zero-order valence-corrected chi connectivity index (χ0v) is 36.2. The number of hydrogen-bond acceptors (Lipinski definition) is 4. The van der Waals surface area contributed by atoms with E-state index in [0.29, 0.717) is 0 Å². The van der Waals surface area contributed by atoms with Crippen LogP contribution in [0.15, 0.2) is 179 Å². The number of nitrogens with zero attached hydrogens (tertiary/aromatic N) is 2. The van der Waals surface area contributed by atoms with Gasteiger partial charge < -0.3 is 18.2 Å². The Labute approximate surface area is 372 Å². The minimum absolute atomic E-state index is 0.0484. The first-order valence-corrected chi connectivity index (χ1v) is 23.0. The average Bonchev–Trinajstić information content (AvgIpc) is 4.08. The van der Waals surface area contributed by atoms with E-state index in [9.17, 15) is 0 Å². The smallest absolute Gasteiger partial charge is 0.333 e. The molecule has 0 bridgehead atoms. The Hall–Kier alpha value is -7.54. The Morgan fingerprint density at radius 3 is 2.05 bits per heavy atom. The molecule has 300 valence electrons. The molecule has 0 saturated heterocycles. The molecule has 64 heavy (non-hydrogen) atoms. The summed E-state index contributed by atoms with van der Waals surface area (Å²) >= 11 is 1.87. The summed E-state index contributed by atoms with van der Waals surface area (Å²) in [5.41, 5.74) is 18.0. The number of benzene rings is 9. The molecule has 4 aromatic heterocycles. The SMILES string of the molecule is CC(C)(C)c1ccc2c(c1)c1c3c(oc4ccccc43)c3c4c1n2-c1cc2c(cc1B4N(c1ccc(-c4ccccc4)cc1)c1cc4sc5ccccc5c4cc1-3)oc1ccccc12. The monoisotopic (exact) mass is 836 g/mol. The van der Waals surface area contributed by atoms with Crippen LogP contribution < -0.4 is 15.7 Å². The van der Waals surface area contributed by atoms with Crippen LogP contribution in [0.4, 0.5) is 11.4 Å². The molecule has 0 amide bonds. The molecule has 0 atom stereocenters. The van der Waals surface area contributed by atoms with Gasteiger partial charge in [-0.25, -0.2) is 0 Å². The van der Waals surface area contributed by atoms with Crippen LogP contribution in [0.1, 0.15) is 26.3 Å². The van der Waals surface area contributed by atoms with Gasteiger partial charge in [0.1, 0.15) is 22.3 Å². The zero-order chi connectivity index (χ0) is 42.2. The van der Waals surface area contributed by atoms with Gasteiger partial charge in [-0.1, -0.05) is 124 Å². The quantitative estimate of drug-likeness (QED) is 0.163. The van der Waals surface area contributed by atoms with Gasteiger partial charge in [0.15, 0.2) is 0 Å². The zero-order valence-electron chi connectivity index (χ0n) is 35.4. The number of thiophene rings is 1. The van der Waals surface area contributed by atoms with Crippen LogP contribution in [0.2, 0.25) is 0 Å². The van der Waals surface area contributed by atoms with Crippen molar-refractivity contribution >= 4 is 126 Å². The number of para-hydroxylation sites is 2. The molecule has 0 saturated carbocycles. The third-order valence-electron chi connectivity index (χ3n) is 14.3. The van der Waals surface area contributed by atoms with Gasteiger partial charge in [-0.2, -0.15) is 0 Å². The maximum Gasteiger partial charge on any atom is 0.333 e. The van der Waals surface area contributed by atoms with Gasteiger partial charge in [0.25, 0.3) is 0 Å². The minimum Gasteiger partial charge on any atom is -0.456 e. The van der Waals surface area contributed by atoms with Gasteiger partial charge in [-0.15, -0.1) is 11.3 Å². The van der Waals surface area contributed by atoms with Crippen molar-refractivity contribution < 1.29 is 8.83 Å². The highest BCUT2D eigenvalue weighted by molar-refractivity contribution is 7.25. The van der Waals surface area contributed by atoms with E-state index in [4.69, 9.17) is 8.83 Å². The molecule has 4 nitrogen and oxygen atoms in total. The predicted molar refractivity (Wildman–Crippen MR) is 271 cm³/mol. The molecule has 0 fully saturated rings. The summed E-state index contributed by atoms with van der Waals surface area (Å²) in [6.45, 7) is 6.72. The average molecular weight is 837 g/mol. The van der Waals surface area contributed by atoms with Crippen molar-refractivity contribution in [3.8, 4) is 27.9 Å². The molecule has 0 radical (unpaired) electrons. The molecule has 6 heterocycles. The van der Waals surface area contributed by atoms with Crippen molar-refractivity contribution in [2.45, 2.75) is 26.2 Å². The summed E-state index contributed by atoms with van der Waals surface area (Å²) in [5.74, 6) is 0. The highest BCUT2D eigenvalue weighted by atomic mass is 32.1. The van der Waals surface area contributed by atoms with Crippen molar-refractivity contribution in [3.05, 3.63) is 175 Å². The van der Waals surface area contributed by atoms with E-state index in [2.05, 4.69) is 200 Å². The summed E-state index contributed by atoms with van der Waals surface area (Å²) < 4.78 is 19.2. The maximum atomic E-state index is 7.29. The lowest BCUT2D eigenvalue weighted by molar-refractivity contribution is 0.591. The highest BCUT2D eigenvalue weighted by Crippen LogP contribution is 2.53. The first kappa shape index (κ1) is 35.0. The second-order valence-electron chi connectivity index (χ2n) is 18.8. The lowest BCUT2D eigenvalue weighted by Crippen LogP contribution is -2.60. The van der Waals surface area contributed by atoms with E-state index in [1.807, 2.05) is 11.3 Å². The number of hydrogen-bond donors (Lipinski definition) is 0. The summed E-state index contributed by atoms with van der Waals surface area (Å²) in [6, 6.07) is 62.7. The van der Waals surface area contributed by atoms with E-state index in [1.54, 1.807) is 0 Å². The molecule has 15 rings (SSSR count). The molecule has 2 aliphatic rings. The Balaban J connectivity index is 1.17. The molecular weight excluding hydrogens is 800 g/mol. The largest absolute Gasteiger partial charge is 0.456 e. The van der Waals surface area contributed by atoms with Gasteiger partial charge in [-0.05, 0) is 99.8 Å². The van der Waals surface area contributed by atoms with E-state index >= 15 is 0 Å². The second kappa shape index (κ2) is 12.1. The Morgan fingerprint density at radius 2 is 1.23 bits per heavy atom. The minimum atomic E-state index is -0.219. The normalized spacial score (nSPS) is 13.5. The van der Waals surface area contributed by atoms with Crippen LogP contribution in [-0.2, 0) is 5.41 Å². The van der Waals surface area contributed by atoms with Gasteiger partial charge in [-0.3, -0.25) is 0 Å². The number of furan rings is 2. The Morgan fingerprint density at radius 1 is 0.516 bits per heavy atom. The van der Waals surface area contributed by atoms with E-state index in [-0.39, 0.29) is 12.3 Å². The van der Waals surface area contributed by atoms with E-state index < -0.39 is 0 Å². The fourth-order valence-corrected chi connectivity index (χ4v) is 12.5. The first-order chi connectivity index (χ1) is 31.4. The Kier molecular flexibility index (Phi) is 6.63. The number of fused-ring (bicyclic) bond motifs is 19. The molecule has 0 spiro atoms. The van der Waals surface area contributed by atoms with Crippen LogP contribution in [0.5, 0.6) is 0 Å². The maximum absolute atomic E-state index is 7.29. The van der Waals surface area contributed by atoms with Crippen LogP contribution in [0.3, 0.4) is 0 Å². The van der Waals surface area contributed by atoms with Crippen molar-refractivity contribution in [2.24, 2.45) is 0 Å². The summed E-state index contributed by atoms with van der Waals surface area (Å²) in [5, 5.41) is 9.61. The van der Waals surface area contributed by atoms with Crippen molar-refractivity contribution in [1.29, 1.82) is 0 Å². The van der Waals surface area contributed by atoms with Crippen LogP contribution in [0, 0.1) is 0 Å². The highest BCUT2D eigenvalue weighted by Gasteiger charge is 2.46. The topological polar surface area (TPSA) is 34.5 Å². The fourth-order valence-electron chi connectivity index (χ4n) is 11.4. The third-order valence-corrected chi connectivity index (χ3v) is 15.4. The van der Waals surface area contributed by atoms with Crippen molar-refractivity contribution in [1.82, 2.24) is 4.57 Å². The second-order valence-corrected chi connectivity index (χ2v) is 19.9. The summed E-state index contributed by atoms with van der Waals surface area (Å²) in [7, 11) is 0. The van der Waals surface area contributed by atoms with Gasteiger partial charge in [0.2, 0.25) is 0 Å². The van der Waals surface area contributed by atoms with E-state index in [0.717, 1.165) is 44.2 Å². The molecule has 13 aromatic rings. The molecule has 2 aliphatic heterocycles. The lowest BCUT2D eigenvalue weighted by Gasteiger charge is -2.42. The molecule has 0 aliphatic carbocycles. The van der Waals surface area contributed by atoms with Crippen LogP contribution in [0.25, 0.3) is 114 Å². The Bertz CT molecular complexity index is 4180. The van der Waals surface area contributed by atoms with Crippen molar-refractivity contribution in [3.63, 3.8) is 0 Å². The van der Waals surface area contributed by atoms with Crippen LogP contribution in [-0.4, -0.2) is 11.4 Å². The van der Waals surface area contributed by atoms with E-state index in [1.165, 1.54) is 97.5 Å².